The molecule has 0 aromatic heterocycles. The van der Waals surface area contributed by atoms with E-state index in [4.69, 9.17) is 54.0 Å². The number of methoxy groups -OCH3 is 3. The zero-order chi connectivity index (χ0) is 26.8. The SMILES string of the molecule is COC(C)OCC(C)CCO.COC(CCO)OCC(C)CO.COC(CO)OCC(C)CO. The summed E-state index contributed by atoms with van der Waals surface area (Å²) in [6.07, 6.45) is 0.189. The maximum Gasteiger partial charge on any atom is 0.180 e. The Kier molecular flexibility index (Phi) is 32.3. The molecule has 0 aromatic rings. The van der Waals surface area contributed by atoms with Gasteiger partial charge in [-0.05, 0) is 19.3 Å². The summed E-state index contributed by atoms with van der Waals surface area (Å²) in [4.78, 5) is 0. The van der Waals surface area contributed by atoms with Gasteiger partial charge < -0.3 is 54.0 Å². The molecule has 0 spiro atoms. The van der Waals surface area contributed by atoms with Gasteiger partial charge in [0.15, 0.2) is 18.9 Å². The van der Waals surface area contributed by atoms with Crippen LogP contribution in [0.15, 0.2) is 0 Å². The van der Waals surface area contributed by atoms with E-state index in [0.717, 1.165) is 6.42 Å². The highest BCUT2D eigenvalue weighted by Crippen LogP contribution is 2.04. The Hall–Kier alpha value is -0.440. The molecule has 0 aliphatic rings. The fraction of sp³-hybridized carbons (Fsp3) is 1.00. The average molecular weight is 505 g/mol. The molecule has 11 nitrogen and oxygen atoms in total. The van der Waals surface area contributed by atoms with Crippen molar-refractivity contribution >= 4 is 0 Å². The molecule has 0 aromatic carbocycles. The van der Waals surface area contributed by atoms with Crippen molar-refractivity contribution in [3.63, 3.8) is 0 Å². The summed E-state index contributed by atoms with van der Waals surface area (Å²) >= 11 is 0. The molecule has 0 rings (SSSR count). The quantitative estimate of drug-likeness (QED) is 0.157. The van der Waals surface area contributed by atoms with Crippen LogP contribution in [0.4, 0.5) is 0 Å². The summed E-state index contributed by atoms with van der Waals surface area (Å²) in [6, 6.07) is 0. The number of aliphatic hydroxyl groups excluding tert-OH is 5. The van der Waals surface area contributed by atoms with Crippen LogP contribution in [0.5, 0.6) is 0 Å². The second-order valence-corrected chi connectivity index (χ2v) is 8.02. The summed E-state index contributed by atoms with van der Waals surface area (Å²) in [6.45, 7) is 9.43. The molecule has 210 valence electrons. The van der Waals surface area contributed by atoms with Gasteiger partial charge in [0, 0.05) is 66.0 Å². The van der Waals surface area contributed by atoms with Crippen molar-refractivity contribution in [1.82, 2.24) is 0 Å². The van der Waals surface area contributed by atoms with Gasteiger partial charge in [0.1, 0.15) is 0 Å². The van der Waals surface area contributed by atoms with Gasteiger partial charge in [0.25, 0.3) is 0 Å². The minimum atomic E-state index is -0.566. The third-order valence-corrected chi connectivity index (χ3v) is 4.37. The van der Waals surface area contributed by atoms with Gasteiger partial charge in [-0.25, -0.2) is 0 Å². The first-order valence-electron chi connectivity index (χ1n) is 11.7. The van der Waals surface area contributed by atoms with Crippen LogP contribution in [0.25, 0.3) is 0 Å². The Labute approximate surface area is 205 Å². The molecule has 6 atom stereocenters. The van der Waals surface area contributed by atoms with E-state index in [0.29, 0.717) is 32.2 Å². The number of ether oxygens (including phenoxy) is 6. The first-order chi connectivity index (χ1) is 16.2. The highest BCUT2D eigenvalue weighted by Gasteiger charge is 2.09. The van der Waals surface area contributed by atoms with Crippen LogP contribution in [-0.4, -0.2) is 119 Å². The molecule has 0 heterocycles. The van der Waals surface area contributed by atoms with Gasteiger partial charge in [-0.1, -0.05) is 20.8 Å². The van der Waals surface area contributed by atoms with Crippen molar-refractivity contribution in [3.8, 4) is 0 Å². The molecule has 34 heavy (non-hydrogen) atoms. The zero-order valence-electron chi connectivity index (χ0n) is 22.2. The van der Waals surface area contributed by atoms with Gasteiger partial charge in [-0.3, -0.25) is 0 Å². The molecule has 5 N–H and O–H groups in total. The number of rotatable bonds is 19. The van der Waals surface area contributed by atoms with E-state index in [-0.39, 0.29) is 57.5 Å². The van der Waals surface area contributed by atoms with Crippen molar-refractivity contribution in [1.29, 1.82) is 0 Å². The molecule has 0 amide bonds. The van der Waals surface area contributed by atoms with Gasteiger partial charge in [-0.15, -0.1) is 0 Å². The third kappa shape index (κ3) is 27.8. The van der Waals surface area contributed by atoms with E-state index in [2.05, 4.69) is 0 Å². The van der Waals surface area contributed by atoms with Gasteiger partial charge in [0.05, 0.1) is 26.4 Å². The zero-order valence-corrected chi connectivity index (χ0v) is 22.2. The summed E-state index contributed by atoms with van der Waals surface area (Å²) in [5, 5.41) is 43.0. The Morgan fingerprint density at radius 1 is 0.500 bits per heavy atom. The van der Waals surface area contributed by atoms with Crippen LogP contribution < -0.4 is 0 Å². The van der Waals surface area contributed by atoms with Crippen LogP contribution in [-0.2, 0) is 28.4 Å². The lowest BCUT2D eigenvalue weighted by atomic mass is 10.1. The van der Waals surface area contributed by atoms with Crippen molar-refractivity contribution in [2.45, 2.75) is 59.4 Å². The van der Waals surface area contributed by atoms with Crippen LogP contribution >= 0.6 is 0 Å². The number of hydrogen-bond acceptors (Lipinski definition) is 11. The molecule has 0 saturated carbocycles. The lowest BCUT2D eigenvalue weighted by Crippen LogP contribution is -2.23. The lowest BCUT2D eigenvalue weighted by molar-refractivity contribution is -0.154. The molecule has 0 aliphatic carbocycles. The van der Waals surface area contributed by atoms with Crippen LogP contribution in [0.3, 0.4) is 0 Å². The highest BCUT2D eigenvalue weighted by atomic mass is 16.7. The standard InChI is InChI=1S/C8H18O4.C8H18O3.C7H16O4/c1-7(5-10)6-12-8(11-2)3-4-9;1-7(4-5-9)6-11-8(2)10-3;1-6(3-8)5-11-7(4-9)10-2/h7-10H,3-6H2,1-2H3;7-9H,4-6H2,1-3H3;6-9H,3-5H2,1-2H3. The number of hydrogen-bond donors (Lipinski definition) is 5. The lowest BCUT2D eigenvalue weighted by Gasteiger charge is -2.17. The van der Waals surface area contributed by atoms with Crippen LogP contribution in [0.2, 0.25) is 0 Å². The fourth-order valence-electron chi connectivity index (χ4n) is 1.89. The van der Waals surface area contributed by atoms with Crippen LogP contribution in [0, 0.1) is 17.8 Å². The van der Waals surface area contributed by atoms with E-state index in [1.54, 1.807) is 7.11 Å². The molecule has 6 unspecified atom stereocenters. The van der Waals surface area contributed by atoms with E-state index in [1.165, 1.54) is 14.2 Å². The summed E-state index contributed by atoms with van der Waals surface area (Å²) in [5.74, 6) is 0.596. The highest BCUT2D eigenvalue weighted by molar-refractivity contribution is 4.50. The minimum absolute atomic E-state index is 0.0476. The Morgan fingerprint density at radius 2 is 0.941 bits per heavy atom. The molecule has 0 saturated heterocycles. The number of aliphatic hydroxyl groups is 5. The van der Waals surface area contributed by atoms with Gasteiger partial charge in [-0.2, -0.15) is 0 Å². The molecule has 0 aliphatic heterocycles. The third-order valence-electron chi connectivity index (χ3n) is 4.37. The molecule has 0 bridgehead atoms. The molecule has 0 radical (unpaired) electrons. The van der Waals surface area contributed by atoms with Gasteiger partial charge in [0.2, 0.25) is 0 Å². The molecule has 0 fully saturated rings. The Balaban J connectivity index is -0.000000425. The van der Waals surface area contributed by atoms with Crippen molar-refractivity contribution < 1.29 is 54.0 Å². The second kappa shape index (κ2) is 28.8. The van der Waals surface area contributed by atoms with Crippen molar-refractivity contribution in [3.05, 3.63) is 0 Å². The van der Waals surface area contributed by atoms with E-state index in [1.807, 2.05) is 27.7 Å². The summed E-state index contributed by atoms with van der Waals surface area (Å²) < 4.78 is 30.1. The Morgan fingerprint density at radius 3 is 1.29 bits per heavy atom. The maximum atomic E-state index is 8.68. The smallest absolute Gasteiger partial charge is 0.180 e. The Bertz CT molecular complexity index is 373. The van der Waals surface area contributed by atoms with E-state index >= 15 is 0 Å². The normalized spacial score (nSPS) is 16.2. The minimum Gasteiger partial charge on any atom is -0.396 e. The fourth-order valence-corrected chi connectivity index (χ4v) is 1.89. The maximum absolute atomic E-state index is 8.68. The first-order valence-corrected chi connectivity index (χ1v) is 11.7. The molecule has 11 heteroatoms. The van der Waals surface area contributed by atoms with Crippen molar-refractivity contribution in [2.75, 3.05) is 74.2 Å². The topological polar surface area (TPSA) is 157 Å². The summed E-state index contributed by atoms with van der Waals surface area (Å²) in [5.41, 5.74) is 0. The van der Waals surface area contributed by atoms with Gasteiger partial charge >= 0.3 is 0 Å². The average Bonchev–Trinajstić information content (AvgIpc) is 2.86. The predicted octanol–water partition coefficient (Wildman–Crippen LogP) is 0.596. The summed E-state index contributed by atoms with van der Waals surface area (Å²) in [7, 11) is 4.61. The second-order valence-electron chi connectivity index (χ2n) is 8.02. The largest absolute Gasteiger partial charge is 0.396 e. The first kappa shape index (κ1) is 38.1. The van der Waals surface area contributed by atoms with E-state index in [9.17, 15) is 0 Å². The molecular formula is C23H52O11. The van der Waals surface area contributed by atoms with Crippen molar-refractivity contribution in [2.24, 2.45) is 17.8 Å². The van der Waals surface area contributed by atoms with E-state index < -0.39 is 6.29 Å². The molecular weight excluding hydrogens is 452 g/mol. The van der Waals surface area contributed by atoms with Crippen LogP contribution in [0.1, 0.15) is 40.5 Å². The monoisotopic (exact) mass is 504 g/mol. The predicted molar refractivity (Wildman–Crippen MR) is 128 cm³/mol.